The second-order valence-electron chi connectivity index (χ2n) is 8.63. The Morgan fingerprint density at radius 3 is 2.22 bits per heavy atom. The minimum Gasteiger partial charge on any atom is -0.355 e. The molecule has 0 unspecified atom stereocenters. The summed E-state index contributed by atoms with van der Waals surface area (Å²) < 4.78 is 29.5. The zero-order chi connectivity index (χ0) is 27.0. The standard InChI is InChI=1S/C28H32IN3O4S/c1-4-26(28(34)30-5-2)31(19-22-11-9-10-21(3)18-22)27(33)20-32(24-16-14-23(29)15-17-24)37(35,36)25-12-7-6-8-13-25/h6-18,26H,4-5,19-20H2,1-3H3,(H,30,34)/t26-/m1/s1. The van der Waals surface area contributed by atoms with Crippen molar-refractivity contribution in [1.29, 1.82) is 0 Å². The van der Waals surface area contributed by atoms with Gasteiger partial charge in [-0.2, -0.15) is 0 Å². The zero-order valence-electron chi connectivity index (χ0n) is 21.2. The molecular formula is C28H32IN3O4S. The third-order valence-corrected chi connectivity index (χ3v) is 8.40. The number of nitrogens with one attached hydrogen (secondary N) is 1. The first-order valence-corrected chi connectivity index (χ1v) is 14.6. The molecule has 0 heterocycles. The third kappa shape index (κ3) is 7.32. The number of benzene rings is 3. The Balaban J connectivity index is 2.04. The highest BCUT2D eigenvalue weighted by Gasteiger charge is 2.33. The first-order chi connectivity index (χ1) is 17.7. The topological polar surface area (TPSA) is 86.8 Å². The number of likely N-dealkylation sites (N-methyl/N-ethyl adjacent to an activating group) is 1. The molecule has 37 heavy (non-hydrogen) atoms. The quantitative estimate of drug-likeness (QED) is 0.310. The van der Waals surface area contributed by atoms with Crippen LogP contribution in [0.25, 0.3) is 0 Å². The number of amides is 2. The van der Waals surface area contributed by atoms with Gasteiger partial charge >= 0.3 is 0 Å². The Kier molecular flexibility index (Phi) is 10.1. The van der Waals surface area contributed by atoms with Crippen LogP contribution in [0.15, 0.2) is 83.8 Å². The molecule has 3 rings (SSSR count). The molecule has 2 amide bonds. The van der Waals surface area contributed by atoms with E-state index in [1.807, 2.05) is 45.0 Å². The molecule has 3 aromatic rings. The molecule has 9 heteroatoms. The number of hydrogen-bond acceptors (Lipinski definition) is 4. The summed E-state index contributed by atoms with van der Waals surface area (Å²) in [5, 5.41) is 2.81. The van der Waals surface area contributed by atoms with Gasteiger partial charge in [0, 0.05) is 16.7 Å². The van der Waals surface area contributed by atoms with E-state index in [-0.39, 0.29) is 17.3 Å². The van der Waals surface area contributed by atoms with E-state index in [1.54, 1.807) is 42.5 Å². The SMILES string of the molecule is CCNC(=O)[C@@H](CC)N(Cc1cccc(C)c1)C(=O)CN(c1ccc(I)cc1)S(=O)(=O)c1ccccc1. The van der Waals surface area contributed by atoms with Gasteiger partial charge in [-0.3, -0.25) is 13.9 Å². The molecule has 0 radical (unpaired) electrons. The summed E-state index contributed by atoms with van der Waals surface area (Å²) in [6.45, 7) is 5.79. The second-order valence-corrected chi connectivity index (χ2v) is 11.7. The van der Waals surface area contributed by atoms with Crippen molar-refractivity contribution in [2.24, 2.45) is 0 Å². The summed E-state index contributed by atoms with van der Waals surface area (Å²) in [6, 6.07) is 22.0. The Morgan fingerprint density at radius 1 is 0.946 bits per heavy atom. The van der Waals surface area contributed by atoms with Crippen molar-refractivity contribution in [1.82, 2.24) is 10.2 Å². The maximum atomic E-state index is 13.9. The fraction of sp³-hybridized carbons (Fsp3) is 0.286. The van der Waals surface area contributed by atoms with Gasteiger partial charge in [0.05, 0.1) is 10.6 Å². The summed E-state index contributed by atoms with van der Waals surface area (Å²) in [5.41, 5.74) is 2.27. The molecule has 0 spiro atoms. The molecular weight excluding hydrogens is 601 g/mol. The van der Waals surface area contributed by atoms with Crippen LogP contribution in [-0.4, -0.2) is 44.3 Å². The number of hydrogen-bond donors (Lipinski definition) is 1. The molecule has 3 aromatic carbocycles. The van der Waals surface area contributed by atoms with Crippen molar-refractivity contribution in [3.8, 4) is 0 Å². The summed E-state index contributed by atoms with van der Waals surface area (Å²) in [5.74, 6) is -0.726. The number of anilines is 1. The minimum atomic E-state index is -4.06. The van der Waals surface area contributed by atoms with E-state index in [0.717, 1.165) is 19.0 Å². The van der Waals surface area contributed by atoms with Crippen molar-refractivity contribution in [3.63, 3.8) is 0 Å². The largest absolute Gasteiger partial charge is 0.355 e. The predicted molar refractivity (Wildman–Crippen MR) is 155 cm³/mol. The predicted octanol–water partition coefficient (Wildman–Crippen LogP) is 4.74. The fourth-order valence-corrected chi connectivity index (χ4v) is 5.87. The lowest BCUT2D eigenvalue weighted by Gasteiger charge is -2.33. The van der Waals surface area contributed by atoms with E-state index < -0.39 is 28.5 Å². The van der Waals surface area contributed by atoms with Crippen LogP contribution in [0.5, 0.6) is 0 Å². The Hall–Kier alpha value is -2.92. The van der Waals surface area contributed by atoms with Gasteiger partial charge in [0.2, 0.25) is 11.8 Å². The van der Waals surface area contributed by atoms with Gasteiger partial charge in [-0.15, -0.1) is 0 Å². The van der Waals surface area contributed by atoms with Crippen LogP contribution in [0.3, 0.4) is 0 Å². The molecule has 196 valence electrons. The average molecular weight is 634 g/mol. The highest BCUT2D eigenvalue weighted by molar-refractivity contribution is 14.1. The van der Waals surface area contributed by atoms with Gasteiger partial charge in [0.25, 0.3) is 10.0 Å². The number of aryl methyl sites for hydroxylation is 1. The molecule has 0 aliphatic carbocycles. The molecule has 0 saturated heterocycles. The van der Waals surface area contributed by atoms with Gasteiger partial charge in [-0.25, -0.2) is 8.42 Å². The van der Waals surface area contributed by atoms with Crippen LogP contribution in [0.1, 0.15) is 31.4 Å². The van der Waals surface area contributed by atoms with Gasteiger partial charge in [-0.05, 0) is 84.8 Å². The highest BCUT2D eigenvalue weighted by atomic mass is 127. The van der Waals surface area contributed by atoms with Crippen molar-refractivity contribution >= 4 is 50.1 Å². The first-order valence-electron chi connectivity index (χ1n) is 12.1. The fourth-order valence-electron chi connectivity index (χ4n) is 4.07. The zero-order valence-corrected chi connectivity index (χ0v) is 24.2. The van der Waals surface area contributed by atoms with Crippen LogP contribution in [0, 0.1) is 10.5 Å². The van der Waals surface area contributed by atoms with Crippen LogP contribution >= 0.6 is 22.6 Å². The summed E-state index contributed by atoms with van der Waals surface area (Å²) in [6.07, 6.45) is 0.387. The van der Waals surface area contributed by atoms with Crippen LogP contribution in [0.4, 0.5) is 5.69 Å². The number of rotatable bonds is 11. The molecule has 0 bridgehead atoms. The normalized spacial score (nSPS) is 12.0. The van der Waals surface area contributed by atoms with E-state index in [9.17, 15) is 18.0 Å². The van der Waals surface area contributed by atoms with E-state index >= 15 is 0 Å². The van der Waals surface area contributed by atoms with Crippen LogP contribution in [-0.2, 0) is 26.2 Å². The monoisotopic (exact) mass is 633 g/mol. The van der Waals surface area contributed by atoms with Gasteiger partial charge in [0.15, 0.2) is 0 Å². The Labute approximate surface area is 233 Å². The molecule has 0 saturated carbocycles. The Morgan fingerprint density at radius 2 is 1.62 bits per heavy atom. The maximum absolute atomic E-state index is 13.9. The number of sulfonamides is 1. The molecule has 1 N–H and O–H groups in total. The number of carbonyl (C=O) groups is 2. The summed E-state index contributed by atoms with van der Waals surface area (Å²) in [7, 11) is -4.06. The molecule has 0 fully saturated rings. The summed E-state index contributed by atoms with van der Waals surface area (Å²) >= 11 is 2.14. The van der Waals surface area contributed by atoms with E-state index in [4.69, 9.17) is 0 Å². The Bertz CT molecular complexity index is 1310. The van der Waals surface area contributed by atoms with Crippen molar-refractivity contribution in [2.75, 3.05) is 17.4 Å². The van der Waals surface area contributed by atoms with Gasteiger partial charge in [-0.1, -0.05) is 55.0 Å². The smallest absolute Gasteiger partial charge is 0.264 e. The highest BCUT2D eigenvalue weighted by Crippen LogP contribution is 2.25. The number of carbonyl (C=O) groups excluding carboxylic acids is 2. The second kappa shape index (κ2) is 13.0. The number of halogens is 1. The van der Waals surface area contributed by atoms with Crippen molar-refractivity contribution in [3.05, 3.63) is 93.6 Å². The average Bonchev–Trinajstić information content (AvgIpc) is 2.88. The molecule has 0 aromatic heterocycles. The van der Waals surface area contributed by atoms with E-state index in [2.05, 4.69) is 27.9 Å². The lowest BCUT2D eigenvalue weighted by Crippen LogP contribution is -2.52. The minimum absolute atomic E-state index is 0.0855. The summed E-state index contributed by atoms with van der Waals surface area (Å²) in [4.78, 5) is 28.4. The lowest BCUT2D eigenvalue weighted by atomic mass is 10.1. The third-order valence-electron chi connectivity index (χ3n) is 5.90. The maximum Gasteiger partial charge on any atom is 0.264 e. The molecule has 0 aliphatic rings. The van der Waals surface area contributed by atoms with E-state index in [1.165, 1.54) is 17.0 Å². The number of nitrogens with zero attached hydrogens (tertiary/aromatic N) is 2. The van der Waals surface area contributed by atoms with Crippen molar-refractivity contribution in [2.45, 2.75) is 44.7 Å². The first kappa shape index (κ1) is 28.6. The van der Waals surface area contributed by atoms with Gasteiger partial charge in [0.1, 0.15) is 12.6 Å². The lowest BCUT2D eigenvalue weighted by molar-refractivity contribution is -0.140. The van der Waals surface area contributed by atoms with Gasteiger partial charge < -0.3 is 10.2 Å². The molecule has 0 aliphatic heterocycles. The van der Waals surface area contributed by atoms with Crippen LogP contribution in [0.2, 0.25) is 0 Å². The molecule has 7 nitrogen and oxygen atoms in total. The molecule has 1 atom stereocenters. The van der Waals surface area contributed by atoms with Crippen molar-refractivity contribution < 1.29 is 18.0 Å². The van der Waals surface area contributed by atoms with Crippen LogP contribution < -0.4 is 9.62 Å². The van der Waals surface area contributed by atoms with E-state index in [0.29, 0.717) is 18.7 Å².